The third-order valence-corrected chi connectivity index (χ3v) is 2.67. The third kappa shape index (κ3) is 1.66. The van der Waals surface area contributed by atoms with E-state index in [9.17, 15) is 8.42 Å². The summed E-state index contributed by atoms with van der Waals surface area (Å²) in [6.07, 6.45) is 0. The molecule has 0 aliphatic rings. The van der Waals surface area contributed by atoms with Crippen molar-refractivity contribution in [2.75, 3.05) is 0 Å². The van der Waals surface area contributed by atoms with Gasteiger partial charge in [0, 0.05) is 5.41 Å². The van der Waals surface area contributed by atoms with Crippen LogP contribution in [0.15, 0.2) is 12.0 Å². The van der Waals surface area contributed by atoms with Crippen molar-refractivity contribution in [3.63, 3.8) is 0 Å². The fraction of sp³-hybridized carbons (Fsp3) is 0.600. The summed E-state index contributed by atoms with van der Waals surface area (Å²) in [6.45, 7) is 6.41. The molecule has 0 spiro atoms. The smallest absolute Gasteiger partial charge is 0.173 e. The van der Waals surface area contributed by atoms with Crippen molar-refractivity contribution < 1.29 is 8.42 Å². The van der Waals surface area contributed by atoms with Gasteiger partial charge in [0.1, 0.15) is 0 Å². The van der Waals surface area contributed by atoms with Crippen molar-refractivity contribution in [1.82, 2.24) is 0 Å². The monoisotopic (exact) mass is 134 g/mol. The van der Waals surface area contributed by atoms with Gasteiger partial charge < -0.3 is 0 Å². The van der Waals surface area contributed by atoms with Gasteiger partial charge in [-0.3, -0.25) is 0 Å². The molecule has 0 radical (unpaired) electrons. The van der Waals surface area contributed by atoms with E-state index in [-0.39, 0.29) is 5.25 Å². The Balaban J connectivity index is 4.40. The lowest BCUT2D eigenvalue weighted by Gasteiger charge is -1.97. The van der Waals surface area contributed by atoms with Gasteiger partial charge in [-0.25, -0.2) is 8.42 Å². The highest BCUT2D eigenvalue weighted by Gasteiger charge is 2.08. The van der Waals surface area contributed by atoms with Gasteiger partial charge in [0.15, 0.2) is 9.84 Å². The van der Waals surface area contributed by atoms with Crippen LogP contribution in [-0.2, 0) is 9.84 Å². The summed E-state index contributed by atoms with van der Waals surface area (Å²) in [4.78, 5) is 0. The topological polar surface area (TPSA) is 34.1 Å². The van der Waals surface area contributed by atoms with Crippen molar-refractivity contribution in [3.05, 3.63) is 12.0 Å². The number of hydrogen-bond acceptors (Lipinski definition) is 2. The maximum absolute atomic E-state index is 10.6. The zero-order valence-corrected chi connectivity index (χ0v) is 5.90. The molecule has 48 valence electrons. The van der Waals surface area contributed by atoms with Gasteiger partial charge in [-0.2, -0.15) is 0 Å². The Labute approximate surface area is 50.1 Å². The summed E-state index contributed by atoms with van der Waals surface area (Å²) in [5, 5.41) is 0.650. The largest absolute Gasteiger partial charge is 0.224 e. The van der Waals surface area contributed by atoms with Crippen LogP contribution in [0.3, 0.4) is 0 Å². The van der Waals surface area contributed by atoms with E-state index < -0.39 is 9.84 Å². The van der Waals surface area contributed by atoms with Crippen LogP contribution in [-0.4, -0.2) is 13.7 Å². The van der Waals surface area contributed by atoms with Gasteiger partial charge in [0.05, 0.1) is 5.25 Å². The van der Waals surface area contributed by atoms with E-state index in [0.29, 0.717) is 0 Å². The second kappa shape index (κ2) is 2.31. The summed E-state index contributed by atoms with van der Waals surface area (Å²) in [6, 6.07) is 0. The molecular weight excluding hydrogens is 124 g/mol. The van der Waals surface area contributed by atoms with Crippen molar-refractivity contribution in [2.45, 2.75) is 19.1 Å². The molecule has 0 saturated heterocycles. The molecule has 0 heterocycles. The molecular formula is C5H10O2S. The van der Waals surface area contributed by atoms with E-state index in [1.165, 1.54) is 0 Å². The van der Waals surface area contributed by atoms with Crippen LogP contribution in [0.25, 0.3) is 0 Å². The lowest BCUT2D eigenvalue weighted by molar-refractivity contribution is 0.596. The molecule has 0 saturated carbocycles. The first-order chi connectivity index (χ1) is 3.50. The molecule has 0 bridgehead atoms. The van der Waals surface area contributed by atoms with Crippen molar-refractivity contribution in [3.8, 4) is 0 Å². The second-order valence-electron chi connectivity index (χ2n) is 1.80. The average Bonchev–Trinajstić information content (AvgIpc) is 1.67. The molecule has 0 aromatic rings. The lowest BCUT2D eigenvalue weighted by Crippen LogP contribution is -2.08. The van der Waals surface area contributed by atoms with Gasteiger partial charge in [-0.15, -0.1) is 0 Å². The van der Waals surface area contributed by atoms with Crippen LogP contribution in [0.1, 0.15) is 13.8 Å². The molecule has 0 aliphatic heterocycles. The predicted molar refractivity (Wildman–Crippen MR) is 34.3 cm³/mol. The molecule has 0 amide bonds. The fourth-order valence-electron chi connectivity index (χ4n) is 0.192. The standard InChI is InChI=1S/C5H10O2S/c1-4-8(6,7)5(2)3/h4-5H,1H2,2-3H3. The molecule has 0 aromatic heterocycles. The quantitative estimate of drug-likeness (QED) is 0.563. The maximum Gasteiger partial charge on any atom is 0.173 e. The van der Waals surface area contributed by atoms with Crippen LogP contribution >= 0.6 is 0 Å². The predicted octanol–water partition coefficient (Wildman–Crippen LogP) is 0.953. The van der Waals surface area contributed by atoms with Crippen LogP contribution in [0.5, 0.6) is 0 Å². The first-order valence-electron chi connectivity index (χ1n) is 2.37. The Morgan fingerprint density at radius 2 is 1.88 bits per heavy atom. The fourth-order valence-corrected chi connectivity index (χ4v) is 0.577. The Morgan fingerprint density at radius 3 is 1.88 bits per heavy atom. The molecule has 0 fully saturated rings. The Kier molecular flexibility index (Phi) is 2.22. The van der Waals surface area contributed by atoms with Crippen LogP contribution < -0.4 is 0 Å². The summed E-state index contributed by atoms with van der Waals surface area (Å²) in [5.41, 5.74) is 0. The van der Waals surface area contributed by atoms with Crippen molar-refractivity contribution >= 4 is 9.84 Å². The van der Waals surface area contributed by atoms with Crippen molar-refractivity contribution in [1.29, 1.82) is 0 Å². The molecule has 0 unspecified atom stereocenters. The molecule has 0 rings (SSSR count). The Bertz CT molecular complexity index is 165. The van der Waals surface area contributed by atoms with E-state index in [1.54, 1.807) is 13.8 Å². The van der Waals surface area contributed by atoms with E-state index in [2.05, 4.69) is 6.58 Å². The minimum atomic E-state index is -2.97. The highest BCUT2D eigenvalue weighted by atomic mass is 32.2. The zero-order chi connectivity index (χ0) is 6.78. The van der Waals surface area contributed by atoms with Gasteiger partial charge >= 0.3 is 0 Å². The number of rotatable bonds is 2. The molecule has 0 aliphatic carbocycles. The van der Waals surface area contributed by atoms with Gasteiger partial charge in [-0.05, 0) is 13.8 Å². The van der Waals surface area contributed by atoms with E-state index in [4.69, 9.17) is 0 Å². The summed E-state index contributed by atoms with van der Waals surface area (Å²) in [7, 11) is -2.97. The van der Waals surface area contributed by atoms with Crippen LogP contribution in [0.4, 0.5) is 0 Å². The summed E-state index contributed by atoms with van der Waals surface area (Å²) < 4.78 is 21.2. The SMILES string of the molecule is C=CS(=O)(=O)C(C)C. The van der Waals surface area contributed by atoms with Gasteiger partial charge in [0.25, 0.3) is 0 Å². The summed E-state index contributed by atoms with van der Waals surface area (Å²) in [5.74, 6) is 0. The second-order valence-corrected chi connectivity index (χ2v) is 4.26. The van der Waals surface area contributed by atoms with E-state index in [0.717, 1.165) is 5.41 Å². The van der Waals surface area contributed by atoms with Crippen molar-refractivity contribution in [2.24, 2.45) is 0 Å². The highest BCUT2D eigenvalue weighted by molar-refractivity contribution is 7.94. The number of sulfone groups is 1. The van der Waals surface area contributed by atoms with E-state index >= 15 is 0 Å². The normalized spacial score (nSPS) is 11.9. The maximum atomic E-state index is 10.6. The Hall–Kier alpha value is -0.310. The van der Waals surface area contributed by atoms with Crippen LogP contribution in [0.2, 0.25) is 0 Å². The molecule has 0 aromatic carbocycles. The first kappa shape index (κ1) is 7.69. The minimum Gasteiger partial charge on any atom is -0.224 e. The molecule has 0 atom stereocenters. The van der Waals surface area contributed by atoms with Gasteiger partial charge in [-0.1, -0.05) is 6.58 Å². The third-order valence-electron chi connectivity index (χ3n) is 0.889. The first-order valence-corrected chi connectivity index (χ1v) is 3.98. The average molecular weight is 134 g/mol. The molecule has 0 N–H and O–H groups in total. The molecule has 2 nitrogen and oxygen atoms in total. The number of hydrogen-bond donors (Lipinski definition) is 0. The molecule has 8 heavy (non-hydrogen) atoms. The van der Waals surface area contributed by atoms with E-state index in [1.807, 2.05) is 0 Å². The molecule has 3 heteroatoms. The Morgan fingerprint density at radius 1 is 1.50 bits per heavy atom. The van der Waals surface area contributed by atoms with Crippen LogP contribution in [0, 0.1) is 0 Å². The zero-order valence-electron chi connectivity index (χ0n) is 5.09. The summed E-state index contributed by atoms with van der Waals surface area (Å²) >= 11 is 0. The highest BCUT2D eigenvalue weighted by Crippen LogP contribution is 1.99. The lowest BCUT2D eigenvalue weighted by atomic mass is 10.6. The van der Waals surface area contributed by atoms with Gasteiger partial charge in [0.2, 0.25) is 0 Å². The minimum absolute atomic E-state index is 0.333.